The Balaban J connectivity index is 2.13. The van der Waals surface area contributed by atoms with Crippen molar-refractivity contribution in [2.24, 2.45) is 7.05 Å². The van der Waals surface area contributed by atoms with E-state index >= 15 is 0 Å². The summed E-state index contributed by atoms with van der Waals surface area (Å²) in [7, 11) is 2.00. The molecular weight excluding hydrogens is 244 g/mol. The van der Waals surface area contributed by atoms with E-state index in [4.69, 9.17) is 0 Å². The molecule has 0 spiro atoms. The summed E-state index contributed by atoms with van der Waals surface area (Å²) in [6.07, 6.45) is 0. The fourth-order valence-electron chi connectivity index (χ4n) is 2.57. The van der Waals surface area contributed by atoms with Crippen molar-refractivity contribution in [1.82, 2.24) is 9.78 Å². The number of rotatable bonds is 2. The van der Waals surface area contributed by atoms with E-state index < -0.39 is 0 Å². The van der Waals surface area contributed by atoms with Crippen molar-refractivity contribution in [1.29, 1.82) is 0 Å². The summed E-state index contributed by atoms with van der Waals surface area (Å²) in [5, 5.41) is 4.68. The Hall–Kier alpha value is -2.35. The predicted octanol–water partition coefficient (Wildman–Crippen LogP) is 4.37. The number of aryl methyl sites for hydroxylation is 3. The van der Waals surface area contributed by atoms with Gasteiger partial charge < -0.3 is 0 Å². The van der Waals surface area contributed by atoms with Crippen molar-refractivity contribution < 1.29 is 0 Å². The highest BCUT2D eigenvalue weighted by molar-refractivity contribution is 5.72. The van der Waals surface area contributed by atoms with E-state index in [1.165, 1.54) is 22.3 Å². The number of aromatic nitrogens is 2. The average Bonchev–Trinajstić information content (AvgIpc) is 2.81. The van der Waals surface area contributed by atoms with Gasteiger partial charge in [0.05, 0.1) is 11.4 Å². The van der Waals surface area contributed by atoms with Gasteiger partial charge in [0.1, 0.15) is 0 Å². The lowest BCUT2D eigenvalue weighted by Gasteiger charge is -2.04. The maximum atomic E-state index is 4.68. The van der Waals surface area contributed by atoms with Crippen LogP contribution in [-0.2, 0) is 7.05 Å². The van der Waals surface area contributed by atoms with Crippen LogP contribution in [-0.4, -0.2) is 9.78 Å². The smallest absolute Gasteiger partial charge is 0.0932 e. The molecule has 0 aliphatic heterocycles. The molecule has 2 nitrogen and oxygen atoms in total. The fourth-order valence-corrected chi connectivity index (χ4v) is 2.57. The quantitative estimate of drug-likeness (QED) is 0.670. The SMILES string of the molecule is Cc1ccccc1-c1cc(-c2ccccc2C)n(C)n1. The predicted molar refractivity (Wildman–Crippen MR) is 83.6 cm³/mol. The third-order valence-corrected chi connectivity index (χ3v) is 3.72. The molecule has 1 heterocycles. The van der Waals surface area contributed by atoms with Crippen LogP contribution in [0.25, 0.3) is 22.5 Å². The number of nitrogens with zero attached hydrogens (tertiary/aromatic N) is 2. The molecular formula is C18H18N2. The van der Waals surface area contributed by atoms with Gasteiger partial charge in [-0.05, 0) is 31.0 Å². The van der Waals surface area contributed by atoms with Crippen LogP contribution in [0.4, 0.5) is 0 Å². The molecule has 0 saturated carbocycles. The van der Waals surface area contributed by atoms with Gasteiger partial charge in [-0.15, -0.1) is 0 Å². The second-order valence-corrected chi connectivity index (χ2v) is 5.17. The molecule has 0 aliphatic carbocycles. The summed E-state index contributed by atoms with van der Waals surface area (Å²) in [6.45, 7) is 4.26. The molecule has 2 aromatic carbocycles. The van der Waals surface area contributed by atoms with Gasteiger partial charge in [-0.3, -0.25) is 4.68 Å². The normalized spacial score (nSPS) is 10.8. The van der Waals surface area contributed by atoms with Crippen molar-refractivity contribution >= 4 is 0 Å². The molecule has 0 radical (unpaired) electrons. The topological polar surface area (TPSA) is 17.8 Å². The highest BCUT2D eigenvalue weighted by Gasteiger charge is 2.11. The molecule has 2 heteroatoms. The van der Waals surface area contributed by atoms with Crippen molar-refractivity contribution in [3.63, 3.8) is 0 Å². The lowest BCUT2D eigenvalue weighted by molar-refractivity contribution is 0.778. The van der Waals surface area contributed by atoms with Gasteiger partial charge >= 0.3 is 0 Å². The Bertz CT molecular complexity index is 754. The molecule has 0 fully saturated rings. The van der Waals surface area contributed by atoms with Crippen LogP contribution in [0.5, 0.6) is 0 Å². The van der Waals surface area contributed by atoms with Gasteiger partial charge in [0.15, 0.2) is 0 Å². The fraction of sp³-hybridized carbons (Fsp3) is 0.167. The molecule has 0 saturated heterocycles. The van der Waals surface area contributed by atoms with Crippen molar-refractivity contribution in [3.05, 3.63) is 65.7 Å². The molecule has 3 rings (SSSR count). The van der Waals surface area contributed by atoms with E-state index in [0.717, 1.165) is 11.4 Å². The minimum absolute atomic E-state index is 1.03. The van der Waals surface area contributed by atoms with Gasteiger partial charge in [-0.1, -0.05) is 48.5 Å². The Labute approximate surface area is 119 Å². The molecule has 0 bridgehead atoms. The van der Waals surface area contributed by atoms with E-state index in [2.05, 4.69) is 73.5 Å². The Morgan fingerprint density at radius 3 is 1.95 bits per heavy atom. The van der Waals surface area contributed by atoms with Crippen LogP contribution in [0.2, 0.25) is 0 Å². The van der Waals surface area contributed by atoms with Gasteiger partial charge in [0, 0.05) is 18.2 Å². The molecule has 100 valence electrons. The zero-order chi connectivity index (χ0) is 14.1. The number of hydrogen-bond acceptors (Lipinski definition) is 1. The van der Waals surface area contributed by atoms with Gasteiger partial charge in [-0.25, -0.2) is 0 Å². The Kier molecular flexibility index (Phi) is 3.15. The average molecular weight is 262 g/mol. The maximum Gasteiger partial charge on any atom is 0.0932 e. The third-order valence-electron chi connectivity index (χ3n) is 3.72. The minimum Gasteiger partial charge on any atom is -0.267 e. The van der Waals surface area contributed by atoms with Crippen LogP contribution in [0.3, 0.4) is 0 Å². The molecule has 0 unspecified atom stereocenters. The van der Waals surface area contributed by atoms with E-state index in [1.54, 1.807) is 0 Å². The number of hydrogen-bond donors (Lipinski definition) is 0. The van der Waals surface area contributed by atoms with Gasteiger partial charge in [-0.2, -0.15) is 5.10 Å². The van der Waals surface area contributed by atoms with Crippen LogP contribution in [0.15, 0.2) is 54.6 Å². The molecule has 20 heavy (non-hydrogen) atoms. The monoisotopic (exact) mass is 262 g/mol. The second-order valence-electron chi connectivity index (χ2n) is 5.17. The highest BCUT2D eigenvalue weighted by Crippen LogP contribution is 2.28. The summed E-state index contributed by atoms with van der Waals surface area (Å²) in [5.74, 6) is 0. The lowest BCUT2D eigenvalue weighted by Crippen LogP contribution is -1.95. The van der Waals surface area contributed by atoms with E-state index in [1.807, 2.05) is 11.7 Å². The summed E-state index contributed by atoms with van der Waals surface area (Å²) in [5.41, 5.74) is 7.14. The first-order valence-electron chi connectivity index (χ1n) is 6.83. The first-order valence-corrected chi connectivity index (χ1v) is 6.83. The van der Waals surface area contributed by atoms with Crippen LogP contribution >= 0.6 is 0 Å². The summed E-state index contributed by atoms with van der Waals surface area (Å²) in [6, 6.07) is 19.0. The van der Waals surface area contributed by atoms with E-state index in [9.17, 15) is 0 Å². The summed E-state index contributed by atoms with van der Waals surface area (Å²) < 4.78 is 1.96. The molecule has 0 amide bonds. The largest absolute Gasteiger partial charge is 0.267 e. The van der Waals surface area contributed by atoms with Crippen molar-refractivity contribution in [2.45, 2.75) is 13.8 Å². The summed E-state index contributed by atoms with van der Waals surface area (Å²) >= 11 is 0. The molecule has 0 atom stereocenters. The maximum absolute atomic E-state index is 4.68. The zero-order valence-electron chi connectivity index (χ0n) is 12.1. The number of benzene rings is 2. The van der Waals surface area contributed by atoms with Crippen LogP contribution in [0, 0.1) is 13.8 Å². The molecule has 0 aliphatic rings. The molecule has 3 aromatic rings. The molecule has 0 N–H and O–H groups in total. The highest BCUT2D eigenvalue weighted by atomic mass is 15.3. The Morgan fingerprint density at radius 2 is 1.35 bits per heavy atom. The van der Waals surface area contributed by atoms with Gasteiger partial charge in [0.25, 0.3) is 0 Å². The third kappa shape index (κ3) is 2.14. The first kappa shape index (κ1) is 12.7. The van der Waals surface area contributed by atoms with Crippen molar-refractivity contribution in [3.8, 4) is 22.5 Å². The van der Waals surface area contributed by atoms with E-state index in [-0.39, 0.29) is 0 Å². The minimum atomic E-state index is 1.03. The second kappa shape index (κ2) is 4.97. The Morgan fingerprint density at radius 1 is 0.800 bits per heavy atom. The molecule has 1 aromatic heterocycles. The van der Waals surface area contributed by atoms with E-state index in [0.29, 0.717) is 0 Å². The standard InChI is InChI=1S/C18H18N2/c1-13-8-4-6-10-15(13)17-12-18(20(3)19-17)16-11-7-5-9-14(16)2/h4-12H,1-3H3. The zero-order valence-corrected chi connectivity index (χ0v) is 12.1. The van der Waals surface area contributed by atoms with Crippen molar-refractivity contribution in [2.75, 3.05) is 0 Å². The van der Waals surface area contributed by atoms with Gasteiger partial charge in [0.2, 0.25) is 0 Å². The van der Waals surface area contributed by atoms with Crippen LogP contribution in [0.1, 0.15) is 11.1 Å². The summed E-state index contributed by atoms with van der Waals surface area (Å²) in [4.78, 5) is 0. The van der Waals surface area contributed by atoms with Crippen LogP contribution < -0.4 is 0 Å². The lowest BCUT2D eigenvalue weighted by atomic mass is 10.0. The first-order chi connectivity index (χ1) is 9.66.